The quantitative estimate of drug-likeness (QED) is 0.923. The molecule has 3 heteroatoms. The minimum absolute atomic E-state index is 0.335. The summed E-state index contributed by atoms with van der Waals surface area (Å²) in [6, 6.07) is 7.90. The lowest BCUT2D eigenvalue weighted by atomic mass is 10.0. The summed E-state index contributed by atoms with van der Waals surface area (Å²) in [5.74, 6) is 2.04. The Hall–Kier alpha value is -1.06. The Morgan fingerprint density at radius 3 is 3.00 bits per heavy atom. The zero-order valence-corrected chi connectivity index (χ0v) is 13.1. The molecule has 1 aromatic carbocycles. The fourth-order valence-corrected chi connectivity index (χ4v) is 3.83. The van der Waals surface area contributed by atoms with Gasteiger partial charge < -0.3 is 10.1 Å². The van der Waals surface area contributed by atoms with Gasteiger partial charge in [0.25, 0.3) is 0 Å². The van der Waals surface area contributed by atoms with Crippen LogP contribution >= 0.6 is 0 Å². The maximum Gasteiger partial charge on any atom is 0.123 e. The van der Waals surface area contributed by atoms with E-state index in [9.17, 15) is 0 Å². The van der Waals surface area contributed by atoms with Crippen molar-refractivity contribution in [3.05, 3.63) is 29.3 Å². The Morgan fingerprint density at radius 2 is 2.19 bits per heavy atom. The molecule has 3 atom stereocenters. The zero-order chi connectivity index (χ0) is 14.4. The summed E-state index contributed by atoms with van der Waals surface area (Å²) < 4.78 is 6.16. The molecule has 2 fully saturated rings. The van der Waals surface area contributed by atoms with Gasteiger partial charge in [0.1, 0.15) is 11.9 Å². The Kier molecular flexibility index (Phi) is 3.43. The first kappa shape index (κ1) is 13.6. The predicted octanol–water partition coefficient (Wildman–Crippen LogP) is 2.37. The fourth-order valence-electron chi connectivity index (χ4n) is 3.83. The van der Waals surface area contributed by atoms with Crippen LogP contribution in [0, 0.1) is 12.8 Å². The molecular formula is C18H26N2O. The lowest BCUT2D eigenvalue weighted by Gasteiger charge is -2.40. The van der Waals surface area contributed by atoms with E-state index in [1.165, 1.54) is 30.5 Å². The molecule has 3 unspecified atom stereocenters. The van der Waals surface area contributed by atoms with Gasteiger partial charge in [0, 0.05) is 38.1 Å². The lowest BCUT2D eigenvalue weighted by molar-refractivity contribution is 0.0830. The molecule has 4 rings (SSSR count). The van der Waals surface area contributed by atoms with E-state index in [0.29, 0.717) is 18.2 Å². The van der Waals surface area contributed by atoms with Crippen LogP contribution in [-0.4, -0.2) is 42.7 Å². The van der Waals surface area contributed by atoms with E-state index in [1.807, 2.05) is 0 Å². The molecule has 1 aliphatic carbocycles. The van der Waals surface area contributed by atoms with E-state index < -0.39 is 0 Å². The van der Waals surface area contributed by atoms with Gasteiger partial charge in [0.2, 0.25) is 0 Å². The zero-order valence-electron chi connectivity index (χ0n) is 13.1. The summed E-state index contributed by atoms with van der Waals surface area (Å²) >= 11 is 0. The van der Waals surface area contributed by atoms with Crippen LogP contribution in [0.3, 0.4) is 0 Å². The molecule has 3 aliphatic rings. The van der Waals surface area contributed by atoms with E-state index in [-0.39, 0.29) is 0 Å². The maximum atomic E-state index is 6.16. The molecule has 0 amide bonds. The van der Waals surface area contributed by atoms with Gasteiger partial charge in [-0.1, -0.05) is 17.7 Å². The van der Waals surface area contributed by atoms with Crippen molar-refractivity contribution in [3.8, 4) is 5.75 Å². The Balaban J connectivity index is 1.39. The summed E-state index contributed by atoms with van der Waals surface area (Å²) in [6.07, 6.45) is 4.25. The number of aryl methyl sites for hydroxylation is 1. The first-order valence-corrected chi connectivity index (χ1v) is 8.42. The van der Waals surface area contributed by atoms with Crippen molar-refractivity contribution in [1.82, 2.24) is 10.2 Å². The minimum Gasteiger partial charge on any atom is -0.488 e. The highest BCUT2D eigenvalue weighted by Gasteiger charge is 2.37. The van der Waals surface area contributed by atoms with Crippen LogP contribution < -0.4 is 10.1 Å². The molecule has 2 aliphatic heterocycles. The van der Waals surface area contributed by atoms with Gasteiger partial charge in [0.05, 0.1) is 0 Å². The average molecular weight is 286 g/mol. The minimum atomic E-state index is 0.335. The highest BCUT2D eigenvalue weighted by molar-refractivity contribution is 5.40. The van der Waals surface area contributed by atoms with Crippen molar-refractivity contribution >= 4 is 0 Å². The normalized spacial score (nSPS) is 32.8. The number of hydrogen-bond donors (Lipinski definition) is 1. The molecule has 0 aromatic heterocycles. The van der Waals surface area contributed by atoms with Crippen molar-refractivity contribution in [3.63, 3.8) is 0 Å². The second-order valence-electron chi connectivity index (χ2n) is 7.21. The maximum absolute atomic E-state index is 6.16. The molecule has 0 radical (unpaired) electrons. The van der Waals surface area contributed by atoms with Crippen molar-refractivity contribution in [2.75, 3.05) is 19.6 Å². The number of nitrogens with zero attached hydrogens (tertiary/aromatic N) is 1. The smallest absolute Gasteiger partial charge is 0.123 e. The Bertz CT molecular complexity index is 526. The molecule has 1 saturated carbocycles. The molecule has 1 aromatic rings. The van der Waals surface area contributed by atoms with Gasteiger partial charge >= 0.3 is 0 Å². The monoisotopic (exact) mass is 286 g/mol. The summed E-state index contributed by atoms with van der Waals surface area (Å²) in [7, 11) is 0. The third-order valence-corrected chi connectivity index (χ3v) is 5.32. The van der Waals surface area contributed by atoms with Crippen molar-refractivity contribution < 1.29 is 4.74 Å². The third-order valence-electron chi connectivity index (χ3n) is 5.32. The number of nitrogens with one attached hydrogen (secondary N) is 1. The standard InChI is InChI=1S/C18H26N2O/c1-12-3-6-18-15(7-12)8-16(21-18)10-20-11-17(14-4-5-14)19-9-13(20)2/h3,6-7,13-14,16-17,19H,4-5,8-11H2,1-2H3. The first-order chi connectivity index (χ1) is 10.2. The van der Waals surface area contributed by atoms with Gasteiger partial charge in [-0.15, -0.1) is 0 Å². The molecular weight excluding hydrogens is 260 g/mol. The van der Waals surface area contributed by atoms with Crippen LogP contribution in [0.1, 0.15) is 30.9 Å². The fraction of sp³-hybridized carbons (Fsp3) is 0.667. The summed E-state index contributed by atoms with van der Waals surface area (Å²) in [4.78, 5) is 2.64. The molecule has 0 bridgehead atoms. The topological polar surface area (TPSA) is 24.5 Å². The molecule has 3 nitrogen and oxygen atoms in total. The number of rotatable bonds is 3. The van der Waals surface area contributed by atoms with E-state index in [1.54, 1.807) is 0 Å². The number of benzene rings is 1. The highest BCUT2D eigenvalue weighted by Crippen LogP contribution is 2.35. The second-order valence-corrected chi connectivity index (χ2v) is 7.21. The predicted molar refractivity (Wildman–Crippen MR) is 84.8 cm³/mol. The van der Waals surface area contributed by atoms with Crippen molar-refractivity contribution in [1.29, 1.82) is 0 Å². The van der Waals surface area contributed by atoms with E-state index in [2.05, 4.69) is 42.3 Å². The summed E-state index contributed by atoms with van der Waals surface area (Å²) in [5.41, 5.74) is 2.73. The van der Waals surface area contributed by atoms with Gasteiger partial charge in [0.15, 0.2) is 0 Å². The van der Waals surface area contributed by atoms with E-state index in [4.69, 9.17) is 4.74 Å². The third kappa shape index (κ3) is 2.82. The molecule has 21 heavy (non-hydrogen) atoms. The number of fused-ring (bicyclic) bond motifs is 1. The second kappa shape index (κ2) is 5.29. The molecule has 114 valence electrons. The lowest BCUT2D eigenvalue weighted by Crippen LogP contribution is -2.57. The van der Waals surface area contributed by atoms with Crippen LogP contribution in [0.25, 0.3) is 0 Å². The van der Waals surface area contributed by atoms with Crippen molar-refractivity contribution in [2.45, 2.75) is 51.3 Å². The summed E-state index contributed by atoms with van der Waals surface area (Å²) in [5, 5.41) is 3.73. The van der Waals surface area contributed by atoms with Gasteiger partial charge in [-0.25, -0.2) is 0 Å². The van der Waals surface area contributed by atoms with Gasteiger partial charge in [-0.2, -0.15) is 0 Å². The van der Waals surface area contributed by atoms with Crippen LogP contribution in [0.2, 0.25) is 0 Å². The Labute approximate surface area is 127 Å². The Morgan fingerprint density at radius 1 is 1.33 bits per heavy atom. The number of ether oxygens (including phenoxy) is 1. The highest BCUT2D eigenvalue weighted by atomic mass is 16.5. The van der Waals surface area contributed by atoms with Gasteiger partial charge in [-0.05, 0) is 44.2 Å². The average Bonchev–Trinajstić information content (AvgIpc) is 3.22. The van der Waals surface area contributed by atoms with Crippen LogP contribution in [0.15, 0.2) is 18.2 Å². The van der Waals surface area contributed by atoms with Crippen LogP contribution in [0.5, 0.6) is 5.75 Å². The summed E-state index contributed by atoms with van der Waals surface area (Å²) in [6.45, 7) is 7.88. The molecule has 0 spiro atoms. The first-order valence-electron chi connectivity index (χ1n) is 8.42. The van der Waals surface area contributed by atoms with Gasteiger partial charge in [-0.3, -0.25) is 4.90 Å². The number of hydrogen-bond acceptors (Lipinski definition) is 3. The molecule has 1 saturated heterocycles. The van der Waals surface area contributed by atoms with E-state index >= 15 is 0 Å². The molecule has 1 N–H and O–H groups in total. The van der Waals surface area contributed by atoms with Crippen molar-refractivity contribution in [2.24, 2.45) is 5.92 Å². The van der Waals surface area contributed by atoms with Crippen LogP contribution in [0.4, 0.5) is 0 Å². The van der Waals surface area contributed by atoms with Crippen LogP contribution in [-0.2, 0) is 6.42 Å². The SMILES string of the molecule is Cc1ccc2c(c1)CC(CN1CC(C3CC3)NCC1C)O2. The molecule has 2 heterocycles. The largest absolute Gasteiger partial charge is 0.488 e. The van der Waals surface area contributed by atoms with E-state index in [0.717, 1.165) is 31.2 Å². The number of piperazine rings is 1.